The number of nitrogens with zero attached hydrogens (tertiary/aromatic N) is 1. The van der Waals surface area contributed by atoms with E-state index < -0.39 is 18.0 Å². The second-order valence-corrected chi connectivity index (χ2v) is 16.3. The van der Waals surface area contributed by atoms with Gasteiger partial charge in [0, 0.05) is 50.7 Å². The molecule has 0 aromatic heterocycles. The zero-order valence-corrected chi connectivity index (χ0v) is 37.4. The van der Waals surface area contributed by atoms with Crippen LogP contribution in [-0.2, 0) is 47.6 Å². The topological polar surface area (TPSA) is 164 Å². The summed E-state index contributed by atoms with van der Waals surface area (Å²) in [4.78, 5) is 64.9. The summed E-state index contributed by atoms with van der Waals surface area (Å²) in [5, 5.41) is 9.54. The molecule has 1 fully saturated rings. The molecule has 0 spiro atoms. The summed E-state index contributed by atoms with van der Waals surface area (Å²) in [5.74, 6) is -2.23. The van der Waals surface area contributed by atoms with Gasteiger partial charge in [0.1, 0.15) is 26.4 Å². The molecular formula is C46H83NO12. The van der Waals surface area contributed by atoms with Crippen molar-refractivity contribution in [1.82, 2.24) is 4.90 Å². The fourth-order valence-corrected chi connectivity index (χ4v) is 7.17. The molecule has 0 aliphatic heterocycles. The van der Waals surface area contributed by atoms with Gasteiger partial charge in [-0.2, -0.15) is 0 Å². The van der Waals surface area contributed by atoms with Gasteiger partial charge in [-0.15, -0.1) is 0 Å². The Morgan fingerprint density at radius 2 is 0.898 bits per heavy atom. The van der Waals surface area contributed by atoms with Gasteiger partial charge in [-0.05, 0) is 44.9 Å². The lowest BCUT2D eigenvalue weighted by Crippen LogP contribution is -2.41. The van der Waals surface area contributed by atoms with Gasteiger partial charge in [0.2, 0.25) is 0 Å². The lowest BCUT2D eigenvalue weighted by Gasteiger charge is -2.33. The standard InChI is InChI=1S/C46H83NO12/c1-4-7-10-13-19-26-42(49)55-34-39(35-56-43(50)27-20-14-11-8-5-2)23-22-29-45(52)58-37-40(36-57-44(51)28-21-15-12-9-6-3)38-59-46(53)54-33-31-47(30-32-48)41-24-17-16-18-25-41/h39-41,48H,4-38H2,1-3H3. The third-order valence-electron chi connectivity index (χ3n) is 10.9. The highest BCUT2D eigenvalue weighted by Gasteiger charge is 2.23. The van der Waals surface area contributed by atoms with E-state index in [9.17, 15) is 29.1 Å². The van der Waals surface area contributed by atoms with Crippen molar-refractivity contribution in [2.24, 2.45) is 11.8 Å². The largest absolute Gasteiger partial charge is 0.508 e. The van der Waals surface area contributed by atoms with E-state index in [4.69, 9.17) is 28.4 Å². The van der Waals surface area contributed by atoms with E-state index in [2.05, 4.69) is 25.7 Å². The molecule has 13 nitrogen and oxygen atoms in total. The molecule has 1 aliphatic carbocycles. The molecule has 0 aromatic rings. The van der Waals surface area contributed by atoms with Crippen LogP contribution in [0.15, 0.2) is 0 Å². The van der Waals surface area contributed by atoms with Crippen LogP contribution in [0.4, 0.5) is 4.79 Å². The molecule has 13 heteroatoms. The number of esters is 4. The number of aliphatic hydroxyl groups is 1. The van der Waals surface area contributed by atoms with E-state index in [1.165, 1.54) is 6.42 Å². The molecule has 1 saturated carbocycles. The van der Waals surface area contributed by atoms with Crippen LogP contribution < -0.4 is 0 Å². The summed E-state index contributed by atoms with van der Waals surface area (Å²) in [6.07, 6.45) is 21.9. The van der Waals surface area contributed by atoms with Crippen molar-refractivity contribution in [3.8, 4) is 0 Å². The Kier molecular flexibility index (Phi) is 34.9. The van der Waals surface area contributed by atoms with Gasteiger partial charge in [0.15, 0.2) is 0 Å². The summed E-state index contributed by atoms with van der Waals surface area (Å²) in [5.41, 5.74) is 0. The highest BCUT2D eigenvalue weighted by atomic mass is 16.7. The lowest BCUT2D eigenvalue weighted by molar-refractivity contribution is -0.152. The number of ether oxygens (including phenoxy) is 6. The van der Waals surface area contributed by atoms with Crippen LogP contribution in [0, 0.1) is 11.8 Å². The van der Waals surface area contributed by atoms with Crippen LogP contribution in [0.1, 0.15) is 188 Å². The first kappa shape index (κ1) is 54.1. The van der Waals surface area contributed by atoms with E-state index in [1.54, 1.807) is 0 Å². The van der Waals surface area contributed by atoms with Crippen LogP contribution >= 0.6 is 0 Å². The number of hydrogen-bond acceptors (Lipinski definition) is 13. The minimum atomic E-state index is -0.864. The Morgan fingerprint density at radius 1 is 0.492 bits per heavy atom. The summed E-state index contributed by atoms with van der Waals surface area (Å²) in [6, 6.07) is 0.363. The Morgan fingerprint density at radius 3 is 1.34 bits per heavy atom. The molecule has 0 bridgehead atoms. The van der Waals surface area contributed by atoms with Crippen molar-refractivity contribution in [1.29, 1.82) is 0 Å². The first-order valence-electron chi connectivity index (χ1n) is 23.5. The molecule has 1 N–H and O–H groups in total. The fraction of sp³-hybridized carbons (Fsp3) is 0.891. The number of aliphatic hydroxyl groups excluding tert-OH is 1. The van der Waals surface area contributed by atoms with Gasteiger partial charge < -0.3 is 33.5 Å². The predicted molar refractivity (Wildman–Crippen MR) is 228 cm³/mol. The Bertz CT molecular complexity index is 1050. The molecule has 1 unspecified atom stereocenters. The maximum Gasteiger partial charge on any atom is 0.508 e. The molecular weight excluding hydrogens is 759 g/mol. The fourth-order valence-electron chi connectivity index (χ4n) is 7.17. The Balaban J connectivity index is 2.67. The number of carbonyl (C=O) groups excluding carboxylic acids is 5. The zero-order valence-electron chi connectivity index (χ0n) is 37.4. The second-order valence-electron chi connectivity index (χ2n) is 16.3. The average molecular weight is 842 g/mol. The summed E-state index contributed by atoms with van der Waals surface area (Å²) < 4.78 is 32.9. The van der Waals surface area contributed by atoms with Crippen molar-refractivity contribution >= 4 is 30.0 Å². The molecule has 1 rings (SSSR count). The van der Waals surface area contributed by atoms with Crippen molar-refractivity contribution in [3.05, 3.63) is 0 Å². The second kappa shape index (κ2) is 38.0. The van der Waals surface area contributed by atoms with Crippen molar-refractivity contribution in [2.45, 2.75) is 194 Å². The molecule has 344 valence electrons. The monoisotopic (exact) mass is 842 g/mol. The molecule has 0 amide bonds. The Hall–Kier alpha value is -2.93. The van der Waals surface area contributed by atoms with E-state index in [0.717, 1.165) is 122 Å². The number of carbonyl (C=O) groups is 5. The molecule has 0 radical (unpaired) electrons. The maximum absolute atomic E-state index is 12.9. The first-order valence-corrected chi connectivity index (χ1v) is 23.5. The molecule has 0 aromatic carbocycles. The maximum atomic E-state index is 12.9. The summed E-state index contributed by atoms with van der Waals surface area (Å²) in [7, 11) is 0. The highest BCUT2D eigenvalue weighted by molar-refractivity contribution is 5.70. The zero-order chi connectivity index (χ0) is 43.2. The van der Waals surface area contributed by atoms with E-state index in [-0.39, 0.29) is 82.9 Å². The average Bonchev–Trinajstić information content (AvgIpc) is 3.23. The van der Waals surface area contributed by atoms with Crippen LogP contribution in [0.2, 0.25) is 0 Å². The van der Waals surface area contributed by atoms with E-state index in [0.29, 0.717) is 44.8 Å². The highest BCUT2D eigenvalue weighted by Crippen LogP contribution is 2.22. The summed E-state index contributed by atoms with van der Waals surface area (Å²) >= 11 is 0. The molecule has 1 atom stereocenters. The van der Waals surface area contributed by atoms with Gasteiger partial charge in [-0.3, -0.25) is 24.1 Å². The number of unbranched alkanes of at least 4 members (excludes halogenated alkanes) is 12. The SMILES string of the molecule is CCCCCCCC(=O)OCC(CCCC(=O)OCC(COC(=O)CCCCCCC)COC(=O)OCCN(CCO)C1CCCCC1)COC(=O)CCCCCCC. The molecule has 0 saturated heterocycles. The van der Waals surface area contributed by atoms with Gasteiger partial charge in [0.25, 0.3) is 0 Å². The van der Waals surface area contributed by atoms with Crippen LogP contribution in [-0.4, -0.2) is 105 Å². The summed E-state index contributed by atoms with van der Waals surface area (Å²) in [6.45, 7) is 7.38. The van der Waals surface area contributed by atoms with Crippen LogP contribution in [0.25, 0.3) is 0 Å². The third kappa shape index (κ3) is 31.6. The van der Waals surface area contributed by atoms with E-state index >= 15 is 0 Å². The molecule has 0 heterocycles. The van der Waals surface area contributed by atoms with Crippen molar-refractivity contribution in [3.63, 3.8) is 0 Å². The minimum absolute atomic E-state index is 0.0306. The third-order valence-corrected chi connectivity index (χ3v) is 10.9. The van der Waals surface area contributed by atoms with Gasteiger partial charge >= 0.3 is 30.0 Å². The van der Waals surface area contributed by atoms with Gasteiger partial charge in [0.05, 0.1) is 25.7 Å². The quantitative estimate of drug-likeness (QED) is 0.0356. The lowest BCUT2D eigenvalue weighted by atomic mass is 9.94. The Labute approximate surface area is 356 Å². The molecule has 1 aliphatic rings. The smallest absolute Gasteiger partial charge is 0.465 e. The normalized spacial score (nSPS) is 13.6. The number of hydrogen-bond donors (Lipinski definition) is 1. The predicted octanol–water partition coefficient (Wildman–Crippen LogP) is 9.42. The van der Waals surface area contributed by atoms with Crippen LogP contribution in [0.5, 0.6) is 0 Å². The number of rotatable bonds is 38. The minimum Gasteiger partial charge on any atom is -0.465 e. The van der Waals surface area contributed by atoms with E-state index in [1.807, 2.05) is 0 Å². The van der Waals surface area contributed by atoms with Crippen molar-refractivity contribution < 1.29 is 57.5 Å². The van der Waals surface area contributed by atoms with Crippen molar-refractivity contribution in [2.75, 3.05) is 59.3 Å². The van der Waals surface area contributed by atoms with Gasteiger partial charge in [-0.25, -0.2) is 4.79 Å². The van der Waals surface area contributed by atoms with Gasteiger partial charge in [-0.1, -0.05) is 117 Å². The first-order chi connectivity index (χ1) is 28.7. The molecule has 59 heavy (non-hydrogen) atoms. The van der Waals surface area contributed by atoms with Crippen LogP contribution in [0.3, 0.4) is 0 Å².